The van der Waals surface area contributed by atoms with E-state index in [0.29, 0.717) is 6.42 Å². The monoisotopic (exact) mass is 244 g/mol. The molecule has 0 saturated carbocycles. The summed E-state index contributed by atoms with van der Waals surface area (Å²) in [6, 6.07) is 6.70. The van der Waals surface area contributed by atoms with Crippen molar-refractivity contribution in [1.82, 2.24) is 0 Å². The van der Waals surface area contributed by atoms with Crippen LogP contribution >= 0.6 is 7.60 Å². The zero-order valence-corrected chi connectivity index (χ0v) is 10.3. The topological polar surface area (TPSA) is 77.8 Å². The Balaban J connectivity index is 2.77. The number of hydrogen-bond donors (Lipinski definition) is 3. The number of benzene rings is 1. The summed E-state index contributed by atoms with van der Waals surface area (Å²) >= 11 is 0. The van der Waals surface area contributed by atoms with Crippen molar-refractivity contribution in [3.8, 4) is 5.75 Å². The van der Waals surface area contributed by atoms with E-state index in [-0.39, 0.29) is 17.3 Å². The molecule has 16 heavy (non-hydrogen) atoms. The van der Waals surface area contributed by atoms with Crippen LogP contribution in [0, 0.1) is 0 Å². The maximum Gasteiger partial charge on any atom is 0.325 e. The Morgan fingerprint density at radius 2 is 1.69 bits per heavy atom. The Morgan fingerprint density at radius 3 is 2.12 bits per heavy atom. The third-order valence-corrected chi connectivity index (χ3v) is 3.48. The van der Waals surface area contributed by atoms with Crippen molar-refractivity contribution in [1.29, 1.82) is 0 Å². The van der Waals surface area contributed by atoms with Crippen molar-refractivity contribution in [2.75, 3.05) is 6.16 Å². The van der Waals surface area contributed by atoms with Gasteiger partial charge in [0.2, 0.25) is 0 Å². The molecule has 1 rings (SSSR count). The number of aromatic hydroxyl groups is 1. The number of phenolic OH excluding ortho intramolecular Hbond substituents is 1. The molecule has 0 saturated heterocycles. The van der Waals surface area contributed by atoms with Crippen LogP contribution in [0.2, 0.25) is 0 Å². The Morgan fingerprint density at radius 1 is 1.19 bits per heavy atom. The lowest BCUT2D eigenvalue weighted by molar-refractivity contribution is 0.363. The summed E-state index contributed by atoms with van der Waals surface area (Å²) in [7, 11) is -3.94. The van der Waals surface area contributed by atoms with E-state index in [0.717, 1.165) is 5.56 Å². The van der Waals surface area contributed by atoms with E-state index in [1.165, 1.54) is 0 Å². The summed E-state index contributed by atoms with van der Waals surface area (Å²) < 4.78 is 10.8. The lowest BCUT2D eigenvalue weighted by Gasteiger charge is -2.25. The Labute approximate surface area is 95.1 Å². The zero-order valence-electron chi connectivity index (χ0n) is 9.42. The molecule has 5 heteroatoms. The first-order valence-electron chi connectivity index (χ1n) is 5.05. The maximum atomic E-state index is 10.8. The van der Waals surface area contributed by atoms with Crippen LogP contribution in [-0.4, -0.2) is 21.1 Å². The van der Waals surface area contributed by atoms with Gasteiger partial charge >= 0.3 is 7.60 Å². The molecule has 0 atom stereocenters. The first kappa shape index (κ1) is 13.2. The van der Waals surface area contributed by atoms with Gasteiger partial charge in [0.15, 0.2) is 0 Å². The Kier molecular flexibility index (Phi) is 3.79. The van der Waals surface area contributed by atoms with Crippen LogP contribution in [0.3, 0.4) is 0 Å². The lowest BCUT2D eigenvalue weighted by atomic mass is 9.82. The van der Waals surface area contributed by atoms with Crippen molar-refractivity contribution in [3.63, 3.8) is 0 Å². The molecule has 0 bridgehead atoms. The number of hydrogen-bond acceptors (Lipinski definition) is 2. The van der Waals surface area contributed by atoms with Crippen LogP contribution in [0.1, 0.15) is 25.8 Å². The molecule has 90 valence electrons. The third-order valence-electron chi connectivity index (χ3n) is 2.68. The van der Waals surface area contributed by atoms with Crippen LogP contribution in [0.5, 0.6) is 5.75 Å². The standard InChI is InChI=1S/C11H17O4P/c1-11(2,7-8-16(13,14)15)9-3-5-10(12)6-4-9/h3-6,12H,7-8H2,1-2H3,(H2,13,14,15). The summed E-state index contributed by atoms with van der Waals surface area (Å²) in [5.41, 5.74) is 0.646. The fourth-order valence-corrected chi connectivity index (χ4v) is 2.33. The van der Waals surface area contributed by atoms with Crippen LogP contribution in [0.4, 0.5) is 0 Å². The molecule has 0 aliphatic carbocycles. The molecule has 0 aliphatic rings. The van der Waals surface area contributed by atoms with Gasteiger partial charge in [0, 0.05) is 0 Å². The molecule has 0 spiro atoms. The molecule has 1 aromatic carbocycles. The molecule has 0 aromatic heterocycles. The van der Waals surface area contributed by atoms with Crippen LogP contribution in [0.15, 0.2) is 24.3 Å². The van der Waals surface area contributed by atoms with Gasteiger partial charge in [0.25, 0.3) is 0 Å². The molecule has 4 nitrogen and oxygen atoms in total. The molecular formula is C11H17O4P. The van der Waals surface area contributed by atoms with Gasteiger partial charge in [0.1, 0.15) is 5.75 Å². The van der Waals surface area contributed by atoms with Gasteiger partial charge in [0.05, 0.1) is 6.16 Å². The Hall–Kier alpha value is -0.830. The maximum absolute atomic E-state index is 10.8. The van der Waals surface area contributed by atoms with E-state index in [1.54, 1.807) is 24.3 Å². The summed E-state index contributed by atoms with van der Waals surface area (Å²) in [6.45, 7) is 3.85. The van der Waals surface area contributed by atoms with Crippen LogP contribution in [-0.2, 0) is 9.98 Å². The highest BCUT2D eigenvalue weighted by atomic mass is 31.2. The van der Waals surface area contributed by atoms with Crippen LogP contribution < -0.4 is 0 Å². The summed E-state index contributed by atoms with van der Waals surface area (Å²) in [4.78, 5) is 17.7. The third kappa shape index (κ3) is 3.97. The first-order valence-corrected chi connectivity index (χ1v) is 6.84. The van der Waals surface area contributed by atoms with Gasteiger partial charge in [-0.2, -0.15) is 0 Å². The van der Waals surface area contributed by atoms with Crippen LogP contribution in [0.25, 0.3) is 0 Å². The second-order valence-corrected chi connectivity index (χ2v) is 6.35. The van der Waals surface area contributed by atoms with Crippen molar-refractivity contribution in [3.05, 3.63) is 29.8 Å². The average Bonchev–Trinajstić information content (AvgIpc) is 2.15. The summed E-state index contributed by atoms with van der Waals surface area (Å²) in [5.74, 6) is 0.189. The molecule has 3 N–H and O–H groups in total. The molecule has 0 heterocycles. The summed E-state index contributed by atoms with van der Waals surface area (Å²) in [5, 5.41) is 9.16. The van der Waals surface area contributed by atoms with Crippen molar-refractivity contribution in [2.24, 2.45) is 0 Å². The normalized spacial score (nSPS) is 12.8. The second kappa shape index (κ2) is 4.58. The highest BCUT2D eigenvalue weighted by Crippen LogP contribution is 2.40. The predicted octanol–water partition coefficient (Wildman–Crippen LogP) is 2.24. The lowest BCUT2D eigenvalue weighted by Crippen LogP contribution is -2.18. The quantitative estimate of drug-likeness (QED) is 0.710. The molecule has 0 radical (unpaired) electrons. The van der Waals surface area contributed by atoms with E-state index in [9.17, 15) is 4.57 Å². The van der Waals surface area contributed by atoms with E-state index >= 15 is 0 Å². The van der Waals surface area contributed by atoms with E-state index in [4.69, 9.17) is 14.9 Å². The SMILES string of the molecule is CC(C)(CCP(=O)(O)O)c1ccc(O)cc1. The van der Waals surface area contributed by atoms with Gasteiger partial charge in [-0.1, -0.05) is 26.0 Å². The minimum absolute atomic E-state index is 0.124. The van der Waals surface area contributed by atoms with Crippen molar-refractivity contribution < 1.29 is 19.5 Å². The molecular weight excluding hydrogens is 227 g/mol. The van der Waals surface area contributed by atoms with E-state index in [2.05, 4.69) is 0 Å². The fourth-order valence-electron chi connectivity index (χ4n) is 1.48. The average molecular weight is 244 g/mol. The highest BCUT2D eigenvalue weighted by Gasteiger charge is 2.24. The van der Waals surface area contributed by atoms with Crippen molar-refractivity contribution >= 4 is 7.60 Å². The first-order chi connectivity index (χ1) is 7.21. The molecule has 0 fully saturated rings. The Bertz CT molecular complexity index is 391. The van der Waals surface area contributed by atoms with E-state index in [1.807, 2.05) is 13.8 Å². The van der Waals surface area contributed by atoms with Gasteiger partial charge in [-0.3, -0.25) is 4.57 Å². The molecule has 0 unspecified atom stereocenters. The van der Waals surface area contributed by atoms with Gasteiger partial charge < -0.3 is 14.9 Å². The highest BCUT2D eigenvalue weighted by molar-refractivity contribution is 7.51. The molecule has 1 aromatic rings. The smallest absolute Gasteiger partial charge is 0.325 e. The van der Waals surface area contributed by atoms with Gasteiger partial charge in [-0.15, -0.1) is 0 Å². The molecule has 0 amide bonds. The molecule has 0 aliphatic heterocycles. The van der Waals surface area contributed by atoms with Crippen molar-refractivity contribution in [2.45, 2.75) is 25.7 Å². The largest absolute Gasteiger partial charge is 0.508 e. The van der Waals surface area contributed by atoms with Gasteiger partial charge in [-0.05, 0) is 29.5 Å². The van der Waals surface area contributed by atoms with Gasteiger partial charge in [-0.25, -0.2) is 0 Å². The fraction of sp³-hybridized carbons (Fsp3) is 0.455. The second-order valence-electron chi connectivity index (χ2n) is 4.57. The zero-order chi connectivity index (χ0) is 12.4. The minimum atomic E-state index is -3.94. The number of phenols is 1. The van der Waals surface area contributed by atoms with E-state index < -0.39 is 7.60 Å². The predicted molar refractivity (Wildman–Crippen MR) is 62.7 cm³/mol. The summed E-state index contributed by atoms with van der Waals surface area (Å²) in [6.07, 6.45) is 0.281. The number of rotatable bonds is 4. The minimum Gasteiger partial charge on any atom is -0.508 e.